The van der Waals surface area contributed by atoms with Crippen molar-refractivity contribution in [1.29, 1.82) is 0 Å². The molecule has 1 aliphatic rings. The van der Waals surface area contributed by atoms with Crippen LogP contribution in [0.15, 0.2) is 18.3 Å². The number of rotatable bonds is 2. The third-order valence-corrected chi connectivity index (χ3v) is 4.25. The van der Waals surface area contributed by atoms with Crippen molar-refractivity contribution in [3.8, 4) is 0 Å². The van der Waals surface area contributed by atoms with Gasteiger partial charge in [-0.05, 0) is 6.07 Å². The van der Waals surface area contributed by atoms with E-state index in [1.54, 1.807) is 0 Å². The summed E-state index contributed by atoms with van der Waals surface area (Å²) in [6.07, 6.45) is 1.85. The van der Waals surface area contributed by atoms with E-state index in [2.05, 4.69) is 41.6 Å². The molecule has 0 amide bonds. The molecule has 0 aliphatic carbocycles. The van der Waals surface area contributed by atoms with Crippen LogP contribution in [0.4, 0.5) is 5.82 Å². The van der Waals surface area contributed by atoms with Gasteiger partial charge < -0.3 is 4.90 Å². The van der Waals surface area contributed by atoms with Crippen LogP contribution in [0.25, 0.3) is 0 Å². The summed E-state index contributed by atoms with van der Waals surface area (Å²) < 4.78 is 0. The lowest BCUT2D eigenvalue weighted by molar-refractivity contribution is 0.716. The zero-order chi connectivity index (χ0) is 11.5. The van der Waals surface area contributed by atoms with Crippen molar-refractivity contribution >= 4 is 29.2 Å². The fourth-order valence-corrected chi connectivity index (χ4v) is 3.70. The van der Waals surface area contributed by atoms with Gasteiger partial charge in [0.05, 0.1) is 5.88 Å². The summed E-state index contributed by atoms with van der Waals surface area (Å²) in [5.74, 6) is 1.60. The molecule has 2 heterocycles. The van der Waals surface area contributed by atoms with Gasteiger partial charge in [-0.2, -0.15) is 11.8 Å². The monoisotopic (exact) mass is 256 g/mol. The van der Waals surface area contributed by atoms with Crippen molar-refractivity contribution < 1.29 is 0 Å². The third kappa shape index (κ3) is 2.64. The van der Waals surface area contributed by atoms with E-state index in [9.17, 15) is 0 Å². The average Bonchev–Trinajstić information content (AvgIpc) is 2.27. The highest BCUT2D eigenvalue weighted by Crippen LogP contribution is 2.29. The highest BCUT2D eigenvalue weighted by atomic mass is 35.5. The second kappa shape index (κ2) is 5.28. The molecule has 2 rings (SSSR count). The number of alkyl halides is 1. The summed E-state index contributed by atoms with van der Waals surface area (Å²) in [7, 11) is 0. The Bertz CT molecular complexity index is 349. The van der Waals surface area contributed by atoms with Crippen molar-refractivity contribution in [1.82, 2.24) is 4.98 Å². The fourth-order valence-electron chi connectivity index (χ4n) is 2.17. The largest absolute Gasteiger partial charge is 0.354 e. The summed E-state index contributed by atoms with van der Waals surface area (Å²) in [4.78, 5) is 6.84. The lowest BCUT2D eigenvalue weighted by atomic mass is 10.2. The summed E-state index contributed by atoms with van der Waals surface area (Å²) in [6, 6.07) is 4.01. The number of anilines is 1. The minimum absolute atomic E-state index is 0.537. The van der Waals surface area contributed by atoms with E-state index in [1.807, 2.05) is 12.3 Å². The maximum Gasteiger partial charge on any atom is 0.132 e. The first kappa shape index (κ1) is 12.1. The zero-order valence-corrected chi connectivity index (χ0v) is 11.3. The van der Waals surface area contributed by atoms with E-state index in [0.717, 1.165) is 24.5 Å². The molecule has 0 spiro atoms. The number of aromatic nitrogens is 1. The third-order valence-electron chi connectivity index (χ3n) is 2.73. The molecule has 2 unspecified atom stereocenters. The summed E-state index contributed by atoms with van der Waals surface area (Å²) in [5, 5.41) is 1.32. The topological polar surface area (TPSA) is 16.1 Å². The molecule has 1 fully saturated rings. The smallest absolute Gasteiger partial charge is 0.132 e. The Morgan fingerprint density at radius 1 is 1.44 bits per heavy atom. The summed E-state index contributed by atoms with van der Waals surface area (Å²) in [5.41, 5.74) is 1.13. The van der Waals surface area contributed by atoms with Crippen molar-refractivity contribution in [2.24, 2.45) is 0 Å². The van der Waals surface area contributed by atoms with E-state index < -0.39 is 0 Å². The molecule has 0 saturated carbocycles. The standard InChI is InChI=1S/C12H17ClN2S/c1-9-7-15(8-10(2)16-9)12-11(6-13)4-3-5-14-12/h3-5,9-10H,6-8H2,1-2H3. The second-order valence-electron chi connectivity index (χ2n) is 4.28. The van der Waals surface area contributed by atoms with E-state index in [4.69, 9.17) is 11.6 Å². The molecule has 1 aliphatic heterocycles. The Morgan fingerprint density at radius 2 is 2.12 bits per heavy atom. The summed E-state index contributed by atoms with van der Waals surface area (Å²) in [6.45, 7) is 6.68. The van der Waals surface area contributed by atoms with Gasteiger partial charge in [0.1, 0.15) is 5.82 Å². The molecule has 0 N–H and O–H groups in total. The highest BCUT2D eigenvalue weighted by Gasteiger charge is 2.24. The first-order chi connectivity index (χ1) is 7.70. The van der Waals surface area contributed by atoms with Crippen LogP contribution in [0.5, 0.6) is 0 Å². The molecule has 1 aromatic rings. The van der Waals surface area contributed by atoms with Crippen molar-refractivity contribution in [2.75, 3.05) is 18.0 Å². The Hall–Kier alpha value is -0.410. The zero-order valence-electron chi connectivity index (χ0n) is 9.69. The molecule has 16 heavy (non-hydrogen) atoms. The number of halogens is 1. The predicted molar refractivity (Wildman–Crippen MR) is 72.5 cm³/mol. The van der Waals surface area contributed by atoms with Gasteiger partial charge in [-0.1, -0.05) is 19.9 Å². The molecule has 0 aromatic carbocycles. The first-order valence-corrected chi connectivity index (χ1v) is 7.08. The van der Waals surface area contributed by atoms with Gasteiger partial charge in [0.25, 0.3) is 0 Å². The first-order valence-electron chi connectivity index (χ1n) is 5.61. The maximum atomic E-state index is 5.95. The number of hydrogen-bond acceptors (Lipinski definition) is 3. The van der Waals surface area contributed by atoms with Crippen LogP contribution in [0, 0.1) is 0 Å². The molecule has 1 saturated heterocycles. The van der Waals surface area contributed by atoms with Gasteiger partial charge in [0.15, 0.2) is 0 Å². The van der Waals surface area contributed by atoms with E-state index in [0.29, 0.717) is 16.4 Å². The number of nitrogens with zero attached hydrogens (tertiary/aromatic N) is 2. The lowest BCUT2D eigenvalue weighted by Gasteiger charge is -2.36. The van der Waals surface area contributed by atoms with Crippen LogP contribution in [-0.2, 0) is 5.88 Å². The molecule has 4 heteroatoms. The van der Waals surface area contributed by atoms with E-state index in [-0.39, 0.29) is 0 Å². The Morgan fingerprint density at radius 3 is 2.75 bits per heavy atom. The maximum absolute atomic E-state index is 5.95. The molecule has 2 nitrogen and oxygen atoms in total. The molecular formula is C12H17ClN2S. The van der Waals surface area contributed by atoms with Gasteiger partial charge in [-0.15, -0.1) is 11.6 Å². The Kier molecular flexibility index (Phi) is 3.98. The van der Waals surface area contributed by atoms with Crippen LogP contribution in [0.3, 0.4) is 0 Å². The van der Waals surface area contributed by atoms with Crippen LogP contribution < -0.4 is 4.90 Å². The van der Waals surface area contributed by atoms with Gasteiger partial charge in [0.2, 0.25) is 0 Å². The number of pyridine rings is 1. The van der Waals surface area contributed by atoms with Crippen LogP contribution >= 0.6 is 23.4 Å². The second-order valence-corrected chi connectivity index (χ2v) is 6.43. The fraction of sp³-hybridized carbons (Fsp3) is 0.583. The quantitative estimate of drug-likeness (QED) is 0.757. The number of thioether (sulfide) groups is 1. The Labute approximate surface area is 106 Å². The van der Waals surface area contributed by atoms with Crippen LogP contribution in [-0.4, -0.2) is 28.6 Å². The van der Waals surface area contributed by atoms with Gasteiger partial charge >= 0.3 is 0 Å². The van der Waals surface area contributed by atoms with Crippen LogP contribution in [0.2, 0.25) is 0 Å². The Balaban J connectivity index is 2.22. The van der Waals surface area contributed by atoms with Crippen molar-refractivity contribution in [3.05, 3.63) is 23.9 Å². The van der Waals surface area contributed by atoms with Gasteiger partial charge in [0, 0.05) is 35.3 Å². The molecule has 0 bridgehead atoms. The van der Waals surface area contributed by atoms with Crippen molar-refractivity contribution in [3.63, 3.8) is 0 Å². The molecule has 88 valence electrons. The lowest BCUT2D eigenvalue weighted by Crippen LogP contribution is -2.41. The van der Waals surface area contributed by atoms with Gasteiger partial charge in [-0.25, -0.2) is 4.98 Å². The predicted octanol–water partition coefficient (Wildman–Crippen LogP) is 3.15. The summed E-state index contributed by atoms with van der Waals surface area (Å²) >= 11 is 8.00. The minimum atomic E-state index is 0.537. The van der Waals surface area contributed by atoms with Crippen molar-refractivity contribution in [2.45, 2.75) is 30.2 Å². The molecule has 1 aromatic heterocycles. The van der Waals surface area contributed by atoms with Gasteiger partial charge in [-0.3, -0.25) is 0 Å². The molecule has 2 atom stereocenters. The number of hydrogen-bond donors (Lipinski definition) is 0. The van der Waals surface area contributed by atoms with E-state index in [1.165, 1.54) is 0 Å². The highest BCUT2D eigenvalue weighted by molar-refractivity contribution is 8.00. The average molecular weight is 257 g/mol. The molecular weight excluding hydrogens is 240 g/mol. The molecule has 0 radical (unpaired) electrons. The minimum Gasteiger partial charge on any atom is -0.354 e. The van der Waals surface area contributed by atoms with Crippen LogP contribution in [0.1, 0.15) is 19.4 Å². The van der Waals surface area contributed by atoms with E-state index >= 15 is 0 Å². The SMILES string of the molecule is CC1CN(c2ncccc2CCl)CC(C)S1. The normalized spacial score (nSPS) is 25.8.